The van der Waals surface area contributed by atoms with Gasteiger partial charge in [-0.1, -0.05) is 36.8 Å². The lowest BCUT2D eigenvalue weighted by molar-refractivity contribution is -0.124. The minimum atomic E-state index is -0.366. The number of hydrogen-bond acceptors (Lipinski definition) is 6. The van der Waals surface area contributed by atoms with Gasteiger partial charge in [0, 0.05) is 10.9 Å². The average molecular weight is 407 g/mol. The fourth-order valence-corrected chi connectivity index (χ4v) is 4.89. The zero-order valence-corrected chi connectivity index (χ0v) is 16.7. The molecular weight excluding hydrogens is 386 g/mol. The molecule has 7 nitrogen and oxygen atoms in total. The molecular formula is C21H21N5O2S. The van der Waals surface area contributed by atoms with E-state index < -0.39 is 0 Å². The van der Waals surface area contributed by atoms with Crippen molar-refractivity contribution in [3.8, 4) is 17.2 Å². The number of benzene rings is 1. The van der Waals surface area contributed by atoms with Gasteiger partial charge in [0.1, 0.15) is 17.2 Å². The third-order valence-electron chi connectivity index (χ3n) is 5.37. The van der Waals surface area contributed by atoms with Crippen molar-refractivity contribution >= 4 is 27.5 Å². The van der Waals surface area contributed by atoms with Crippen LogP contribution in [0.15, 0.2) is 40.5 Å². The first-order chi connectivity index (χ1) is 14.1. The fourth-order valence-electron chi connectivity index (χ4n) is 3.94. The number of hydrogen-bond donors (Lipinski definition) is 1. The Kier molecular flexibility index (Phi) is 5.43. The molecule has 1 aliphatic rings. The van der Waals surface area contributed by atoms with E-state index in [9.17, 15) is 14.9 Å². The van der Waals surface area contributed by atoms with Gasteiger partial charge in [-0.2, -0.15) is 5.26 Å². The van der Waals surface area contributed by atoms with Crippen molar-refractivity contribution in [3.63, 3.8) is 0 Å². The van der Waals surface area contributed by atoms with Gasteiger partial charge in [0.05, 0.1) is 24.0 Å². The Morgan fingerprint density at radius 2 is 2.10 bits per heavy atom. The van der Waals surface area contributed by atoms with E-state index in [-0.39, 0.29) is 24.1 Å². The minimum Gasteiger partial charge on any atom is -0.368 e. The number of aromatic nitrogens is 2. The van der Waals surface area contributed by atoms with Crippen molar-refractivity contribution < 1.29 is 4.79 Å². The Morgan fingerprint density at radius 3 is 2.83 bits per heavy atom. The smallest absolute Gasteiger partial charge is 0.263 e. The molecule has 4 rings (SSSR count). The number of nitrogens with zero attached hydrogens (tertiary/aromatic N) is 4. The summed E-state index contributed by atoms with van der Waals surface area (Å²) in [4.78, 5) is 32.5. The quantitative estimate of drug-likeness (QED) is 0.700. The lowest BCUT2D eigenvalue weighted by Gasteiger charge is -2.33. The highest BCUT2D eigenvalue weighted by Gasteiger charge is 2.28. The highest BCUT2D eigenvalue weighted by Crippen LogP contribution is 2.31. The number of nitriles is 1. The van der Waals surface area contributed by atoms with Crippen LogP contribution in [0.25, 0.3) is 21.3 Å². The summed E-state index contributed by atoms with van der Waals surface area (Å²) in [7, 11) is 0. The molecule has 2 N–H and O–H groups in total. The van der Waals surface area contributed by atoms with Crippen LogP contribution in [0, 0.1) is 11.3 Å². The molecule has 0 unspecified atom stereocenters. The minimum absolute atomic E-state index is 0.0870. The van der Waals surface area contributed by atoms with Gasteiger partial charge in [-0.15, -0.1) is 11.3 Å². The first kappa shape index (κ1) is 19.3. The monoisotopic (exact) mass is 407 g/mol. The molecule has 29 heavy (non-hydrogen) atoms. The Labute approximate surface area is 172 Å². The molecule has 1 fully saturated rings. The second-order valence-electron chi connectivity index (χ2n) is 7.16. The summed E-state index contributed by atoms with van der Waals surface area (Å²) >= 11 is 1.42. The third kappa shape index (κ3) is 3.67. The van der Waals surface area contributed by atoms with E-state index in [2.05, 4.69) is 6.07 Å². The Balaban J connectivity index is 1.81. The van der Waals surface area contributed by atoms with Crippen LogP contribution in [0.2, 0.25) is 0 Å². The predicted molar refractivity (Wildman–Crippen MR) is 112 cm³/mol. The maximum Gasteiger partial charge on any atom is 0.263 e. The maximum absolute atomic E-state index is 13.3. The molecule has 0 saturated carbocycles. The maximum atomic E-state index is 13.3. The molecule has 1 saturated heterocycles. The molecule has 0 radical (unpaired) electrons. The number of piperidine rings is 1. The van der Waals surface area contributed by atoms with E-state index >= 15 is 0 Å². The van der Waals surface area contributed by atoms with Gasteiger partial charge < -0.3 is 5.73 Å². The van der Waals surface area contributed by atoms with Crippen LogP contribution in [-0.4, -0.2) is 32.9 Å². The van der Waals surface area contributed by atoms with Gasteiger partial charge in [0.25, 0.3) is 5.56 Å². The van der Waals surface area contributed by atoms with Crippen LogP contribution < -0.4 is 11.3 Å². The number of thiophene rings is 1. The summed E-state index contributed by atoms with van der Waals surface area (Å²) in [5.41, 5.74) is 7.12. The van der Waals surface area contributed by atoms with Crippen molar-refractivity contribution in [1.82, 2.24) is 14.5 Å². The van der Waals surface area contributed by atoms with Gasteiger partial charge >= 0.3 is 0 Å². The zero-order chi connectivity index (χ0) is 20.4. The van der Waals surface area contributed by atoms with Gasteiger partial charge in [-0.3, -0.25) is 19.1 Å². The zero-order valence-electron chi connectivity index (χ0n) is 15.9. The summed E-state index contributed by atoms with van der Waals surface area (Å²) in [5.74, 6) is 0.140. The molecule has 1 atom stereocenters. The molecule has 1 amide bonds. The summed E-state index contributed by atoms with van der Waals surface area (Å²) in [5, 5.41) is 11.8. The SMILES string of the molecule is N#CCn1c(CN2CCCC[C@H]2C(N)=O)nc2scc(-c3ccccc3)c2c1=O. The summed E-state index contributed by atoms with van der Waals surface area (Å²) in [6.07, 6.45) is 2.62. The Morgan fingerprint density at radius 1 is 1.31 bits per heavy atom. The second kappa shape index (κ2) is 8.15. The Hall–Kier alpha value is -3.02. The number of fused-ring (bicyclic) bond motifs is 1. The summed E-state index contributed by atoms with van der Waals surface area (Å²) < 4.78 is 1.42. The lowest BCUT2D eigenvalue weighted by Crippen LogP contribution is -2.48. The second-order valence-corrected chi connectivity index (χ2v) is 8.02. The first-order valence-corrected chi connectivity index (χ1v) is 10.4. The molecule has 148 valence electrons. The van der Waals surface area contributed by atoms with Crippen LogP contribution in [0.1, 0.15) is 25.1 Å². The number of carbonyl (C=O) groups is 1. The number of likely N-dealkylation sites (tertiary alicyclic amines) is 1. The molecule has 0 spiro atoms. The van der Waals surface area contributed by atoms with E-state index in [0.29, 0.717) is 35.6 Å². The normalized spacial score (nSPS) is 17.3. The third-order valence-corrected chi connectivity index (χ3v) is 6.25. The molecule has 0 aliphatic carbocycles. The fraction of sp³-hybridized carbons (Fsp3) is 0.333. The van der Waals surface area contributed by atoms with E-state index in [1.54, 1.807) is 0 Å². The number of amides is 1. The van der Waals surface area contributed by atoms with Crippen molar-refractivity contribution in [2.45, 2.75) is 38.4 Å². The number of rotatable bonds is 5. The van der Waals surface area contributed by atoms with E-state index in [0.717, 1.165) is 24.0 Å². The van der Waals surface area contributed by atoms with Crippen molar-refractivity contribution in [1.29, 1.82) is 5.26 Å². The predicted octanol–water partition coefficient (Wildman–Crippen LogP) is 2.49. The van der Waals surface area contributed by atoms with Crippen LogP contribution in [0.5, 0.6) is 0 Å². The molecule has 1 aromatic carbocycles. The number of nitrogens with two attached hydrogens (primary N) is 1. The largest absolute Gasteiger partial charge is 0.368 e. The lowest BCUT2D eigenvalue weighted by atomic mass is 10.0. The van der Waals surface area contributed by atoms with Crippen LogP contribution in [-0.2, 0) is 17.9 Å². The van der Waals surface area contributed by atoms with Crippen molar-refractivity contribution in [3.05, 3.63) is 51.9 Å². The van der Waals surface area contributed by atoms with Crippen molar-refractivity contribution in [2.75, 3.05) is 6.54 Å². The molecule has 8 heteroatoms. The van der Waals surface area contributed by atoms with E-state index in [1.807, 2.05) is 40.6 Å². The van der Waals surface area contributed by atoms with Gasteiger partial charge in [0.2, 0.25) is 5.91 Å². The van der Waals surface area contributed by atoms with Crippen LogP contribution in [0.4, 0.5) is 0 Å². The van der Waals surface area contributed by atoms with Gasteiger partial charge in [0.15, 0.2) is 0 Å². The van der Waals surface area contributed by atoms with Gasteiger partial charge in [-0.05, 0) is 24.9 Å². The topological polar surface area (TPSA) is 105 Å². The van der Waals surface area contributed by atoms with Crippen molar-refractivity contribution in [2.24, 2.45) is 5.73 Å². The standard InChI is InChI=1S/C21H21N5O2S/c22-9-11-26-17(12-25-10-5-4-8-16(25)19(23)27)24-20-18(21(26)28)15(13-29-20)14-6-2-1-3-7-14/h1-3,6-7,13,16H,4-5,8,10-12H2,(H2,23,27)/t16-/m0/s1. The Bertz CT molecular complexity index is 1150. The number of primary amides is 1. The summed E-state index contributed by atoms with van der Waals surface area (Å²) in [6, 6.07) is 11.4. The number of carbonyl (C=O) groups excluding carboxylic acids is 1. The van der Waals surface area contributed by atoms with E-state index in [4.69, 9.17) is 10.7 Å². The van der Waals surface area contributed by atoms with Crippen LogP contribution in [0.3, 0.4) is 0 Å². The first-order valence-electron chi connectivity index (χ1n) is 9.57. The van der Waals surface area contributed by atoms with Gasteiger partial charge in [-0.25, -0.2) is 4.98 Å². The highest BCUT2D eigenvalue weighted by molar-refractivity contribution is 7.17. The summed E-state index contributed by atoms with van der Waals surface area (Å²) in [6.45, 7) is 0.947. The molecule has 0 bridgehead atoms. The van der Waals surface area contributed by atoms with Crippen LogP contribution >= 0.6 is 11.3 Å². The highest BCUT2D eigenvalue weighted by atomic mass is 32.1. The molecule has 1 aliphatic heterocycles. The van der Waals surface area contributed by atoms with E-state index in [1.165, 1.54) is 15.9 Å². The molecule has 2 aromatic heterocycles. The molecule has 3 aromatic rings. The average Bonchev–Trinajstić information content (AvgIpc) is 3.16. The molecule has 3 heterocycles.